The summed E-state index contributed by atoms with van der Waals surface area (Å²) in [5.41, 5.74) is -0.404. The number of aromatic nitrogens is 2. The lowest BCUT2D eigenvalue weighted by atomic mass is 9.99. The van der Waals surface area contributed by atoms with Crippen LogP contribution in [0.4, 0.5) is 14.5 Å². The largest absolute Gasteiger partial charge is 0.755 e. The van der Waals surface area contributed by atoms with Gasteiger partial charge in [0.25, 0.3) is 0 Å². The van der Waals surface area contributed by atoms with Gasteiger partial charge in [0.1, 0.15) is 22.8 Å². The predicted molar refractivity (Wildman–Crippen MR) is 129 cm³/mol. The number of fused-ring (bicyclic) bond motifs is 1. The predicted octanol–water partition coefficient (Wildman–Crippen LogP) is 5.78. The van der Waals surface area contributed by atoms with Gasteiger partial charge in [0.2, 0.25) is 5.78 Å². The number of ketones is 1. The molecule has 2 aromatic heterocycles. The SMILES string of the molecule is CC(C)(C)Oc1ccc(-c2cnc3[nH]cc(C(=O)c4c(F)ccc(NS(=O)[O-])c4F)c3c2)c(Cl)c1. The molecule has 2 N–H and O–H groups in total. The summed E-state index contributed by atoms with van der Waals surface area (Å²) < 4.78 is 58.7. The summed E-state index contributed by atoms with van der Waals surface area (Å²) in [5.74, 6) is -2.86. The fraction of sp³-hybridized carbons (Fsp3) is 0.167. The first kappa shape index (κ1) is 24.8. The fourth-order valence-electron chi connectivity index (χ4n) is 3.55. The molecule has 0 saturated heterocycles. The Morgan fingerprint density at radius 2 is 1.94 bits per heavy atom. The summed E-state index contributed by atoms with van der Waals surface area (Å²) in [6, 6.07) is 8.49. The molecule has 0 spiro atoms. The number of pyridine rings is 1. The molecule has 0 aliphatic carbocycles. The molecule has 0 aliphatic rings. The smallest absolute Gasteiger partial charge is 0.201 e. The minimum atomic E-state index is -2.86. The van der Waals surface area contributed by atoms with Crippen molar-refractivity contribution in [3.63, 3.8) is 0 Å². The Hall–Kier alpha value is -3.34. The van der Waals surface area contributed by atoms with Gasteiger partial charge in [0.05, 0.1) is 16.3 Å². The normalized spacial score (nSPS) is 12.5. The standard InChI is InChI=1S/C24H20ClF2N3O4S/c1-24(2,3)34-13-4-5-14(17(25)9-13)12-8-15-16(11-29-23(15)28-10-12)22(31)20-18(26)6-7-19(21(20)27)30-35(32)33/h4-11,30H,1-3H3,(H,28,29)(H,32,33)/p-1. The molecule has 0 radical (unpaired) electrons. The molecule has 0 aliphatic heterocycles. The van der Waals surface area contributed by atoms with Crippen molar-refractivity contribution in [2.24, 2.45) is 0 Å². The molecule has 7 nitrogen and oxygen atoms in total. The highest BCUT2D eigenvalue weighted by Gasteiger charge is 2.25. The number of ether oxygens (including phenoxy) is 1. The molecule has 0 bridgehead atoms. The van der Waals surface area contributed by atoms with Crippen LogP contribution in [0.15, 0.2) is 48.8 Å². The number of H-pyrrole nitrogens is 1. The number of nitrogens with one attached hydrogen (secondary N) is 2. The zero-order valence-electron chi connectivity index (χ0n) is 18.7. The van der Waals surface area contributed by atoms with Crippen molar-refractivity contribution in [2.75, 3.05) is 4.72 Å². The number of rotatable bonds is 6. The van der Waals surface area contributed by atoms with Crippen molar-refractivity contribution in [3.05, 3.63) is 76.6 Å². The molecule has 182 valence electrons. The van der Waals surface area contributed by atoms with Gasteiger partial charge in [-0.15, -0.1) is 0 Å². The first-order valence-electron chi connectivity index (χ1n) is 10.3. The number of anilines is 1. The van der Waals surface area contributed by atoms with Crippen molar-refractivity contribution >= 4 is 45.4 Å². The van der Waals surface area contributed by atoms with Gasteiger partial charge in [-0.05, 0) is 57.2 Å². The number of hydrogen-bond donors (Lipinski definition) is 2. The van der Waals surface area contributed by atoms with E-state index in [4.69, 9.17) is 16.3 Å². The summed E-state index contributed by atoms with van der Waals surface area (Å²) in [6.45, 7) is 5.73. The molecule has 4 aromatic rings. The molecule has 4 rings (SSSR count). The van der Waals surface area contributed by atoms with Crippen molar-refractivity contribution in [3.8, 4) is 16.9 Å². The summed E-state index contributed by atoms with van der Waals surface area (Å²) in [7, 11) is 0. The van der Waals surface area contributed by atoms with Crippen molar-refractivity contribution in [1.29, 1.82) is 0 Å². The topological polar surface area (TPSA) is 107 Å². The zero-order valence-corrected chi connectivity index (χ0v) is 20.3. The van der Waals surface area contributed by atoms with E-state index in [1.54, 1.807) is 30.5 Å². The van der Waals surface area contributed by atoms with E-state index in [2.05, 4.69) is 9.97 Å². The van der Waals surface area contributed by atoms with Crippen molar-refractivity contribution < 1.29 is 27.1 Å². The Labute approximate surface area is 206 Å². The molecule has 11 heteroatoms. The highest BCUT2D eigenvalue weighted by molar-refractivity contribution is 7.80. The van der Waals surface area contributed by atoms with Gasteiger partial charge in [-0.3, -0.25) is 9.00 Å². The summed E-state index contributed by atoms with van der Waals surface area (Å²) in [4.78, 5) is 20.2. The fourth-order valence-corrected chi connectivity index (χ4v) is 4.17. The molecule has 1 unspecified atom stereocenters. The molecule has 0 amide bonds. The van der Waals surface area contributed by atoms with Crippen LogP contribution in [0.3, 0.4) is 0 Å². The Balaban J connectivity index is 1.76. The maximum absolute atomic E-state index is 14.8. The van der Waals surface area contributed by atoms with E-state index < -0.39 is 45.5 Å². The van der Waals surface area contributed by atoms with Gasteiger partial charge >= 0.3 is 0 Å². The Bertz CT molecular complexity index is 1480. The average molecular weight is 519 g/mol. The third-order valence-corrected chi connectivity index (χ3v) is 5.66. The van der Waals surface area contributed by atoms with Crippen LogP contribution in [0.25, 0.3) is 22.2 Å². The maximum atomic E-state index is 14.8. The number of carbonyl (C=O) groups is 1. The summed E-state index contributed by atoms with van der Waals surface area (Å²) >= 11 is 3.62. The van der Waals surface area contributed by atoms with Crippen LogP contribution in [0, 0.1) is 11.6 Å². The highest BCUT2D eigenvalue weighted by atomic mass is 35.5. The average Bonchev–Trinajstić information content (AvgIpc) is 3.18. The van der Waals surface area contributed by atoms with E-state index in [1.165, 1.54) is 6.20 Å². The van der Waals surface area contributed by atoms with Crippen molar-refractivity contribution in [1.82, 2.24) is 9.97 Å². The van der Waals surface area contributed by atoms with Crippen LogP contribution in [0.1, 0.15) is 36.7 Å². The molecular weight excluding hydrogens is 500 g/mol. The monoisotopic (exact) mass is 518 g/mol. The van der Waals surface area contributed by atoms with Crippen LogP contribution in [0.2, 0.25) is 5.02 Å². The minimum Gasteiger partial charge on any atom is -0.755 e. The Kier molecular flexibility index (Phi) is 6.63. The maximum Gasteiger partial charge on any atom is 0.201 e. The molecule has 0 fully saturated rings. The molecule has 0 saturated carbocycles. The van der Waals surface area contributed by atoms with Gasteiger partial charge in [-0.2, -0.15) is 0 Å². The van der Waals surface area contributed by atoms with Gasteiger partial charge in [0, 0.05) is 45.7 Å². The van der Waals surface area contributed by atoms with Crippen LogP contribution < -0.4 is 9.46 Å². The van der Waals surface area contributed by atoms with Gasteiger partial charge in [-0.1, -0.05) is 11.6 Å². The van der Waals surface area contributed by atoms with Crippen LogP contribution in [-0.2, 0) is 11.3 Å². The van der Waals surface area contributed by atoms with Crippen LogP contribution >= 0.6 is 11.6 Å². The first-order valence-corrected chi connectivity index (χ1v) is 11.7. The molecule has 2 heterocycles. The molecule has 1 atom stereocenters. The second-order valence-corrected chi connectivity index (χ2v) is 9.71. The summed E-state index contributed by atoms with van der Waals surface area (Å²) in [6.07, 6.45) is 2.84. The third-order valence-electron chi connectivity index (χ3n) is 4.96. The molecule has 35 heavy (non-hydrogen) atoms. The number of benzene rings is 2. The van der Waals surface area contributed by atoms with E-state index in [-0.39, 0.29) is 5.56 Å². The second-order valence-electron chi connectivity index (χ2n) is 8.63. The lowest BCUT2D eigenvalue weighted by molar-refractivity contribution is 0.103. The van der Waals surface area contributed by atoms with E-state index in [1.807, 2.05) is 25.5 Å². The molecular formula is C24H19ClF2N3O4S-. The number of nitrogens with zero attached hydrogens (tertiary/aromatic N) is 1. The van der Waals surface area contributed by atoms with Crippen molar-refractivity contribution in [2.45, 2.75) is 26.4 Å². The minimum absolute atomic E-state index is 0.0450. The quantitative estimate of drug-likeness (QED) is 0.249. The number of aromatic amines is 1. The number of halogens is 3. The number of carbonyl (C=O) groups excluding carboxylic acids is 1. The van der Waals surface area contributed by atoms with E-state index in [9.17, 15) is 22.3 Å². The van der Waals surface area contributed by atoms with Crippen LogP contribution in [0.5, 0.6) is 5.75 Å². The van der Waals surface area contributed by atoms with E-state index in [0.717, 1.165) is 12.1 Å². The molecule has 2 aromatic carbocycles. The lowest BCUT2D eigenvalue weighted by Crippen LogP contribution is -2.22. The van der Waals surface area contributed by atoms with E-state index in [0.29, 0.717) is 32.9 Å². The zero-order chi connectivity index (χ0) is 25.5. The third kappa shape index (κ3) is 5.19. The first-order chi connectivity index (χ1) is 16.4. The second kappa shape index (κ2) is 9.37. The lowest BCUT2D eigenvalue weighted by Gasteiger charge is -2.21. The summed E-state index contributed by atoms with van der Waals surface area (Å²) in [5, 5.41) is 0.695. The van der Waals surface area contributed by atoms with Gasteiger partial charge in [-0.25, -0.2) is 13.8 Å². The Morgan fingerprint density at radius 1 is 1.20 bits per heavy atom. The Morgan fingerprint density at radius 3 is 2.60 bits per heavy atom. The van der Waals surface area contributed by atoms with Gasteiger partial charge < -0.3 is 19.0 Å². The highest BCUT2D eigenvalue weighted by Crippen LogP contribution is 2.34. The number of hydrogen-bond acceptors (Lipinski definition) is 5. The van der Waals surface area contributed by atoms with Gasteiger partial charge in [0.15, 0.2) is 5.82 Å². The van der Waals surface area contributed by atoms with E-state index >= 15 is 0 Å². The van der Waals surface area contributed by atoms with Crippen LogP contribution in [-0.4, -0.2) is 30.1 Å².